The molecule has 0 atom stereocenters. The Morgan fingerprint density at radius 2 is 2.04 bits per heavy atom. The van der Waals surface area contributed by atoms with Gasteiger partial charge in [-0.2, -0.15) is 0 Å². The SMILES string of the molecule is COc1ccc(OC)c(CN(CC(=O)c2cccn2C)C2CC2)c1. The van der Waals surface area contributed by atoms with E-state index in [0.29, 0.717) is 19.1 Å². The van der Waals surface area contributed by atoms with E-state index >= 15 is 0 Å². The summed E-state index contributed by atoms with van der Waals surface area (Å²) >= 11 is 0. The van der Waals surface area contributed by atoms with Gasteiger partial charge in [-0.15, -0.1) is 0 Å². The van der Waals surface area contributed by atoms with Crippen molar-refractivity contribution in [3.8, 4) is 11.5 Å². The summed E-state index contributed by atoms with van der Waals surface area (Å²) in [6, 6.07) is 10.0. The van der Waals surface area contributed by atoms with Crippen LogP contribution in [-0.2, 0) is 13.6 Å². The predicted molar refractivity (Wildman–Crippen MR) is 92.7 cm³/mol. The van der Waals surface area contributed by atoms with E-state index in [9.17, 15) is 4.79 Å². The van der Waals surface area contributed by atoms with Crippen LogP contribution in [0.15, 0.2) is 36.5 Å². The molecule has 0 radical (unpaired) electrons. The first kappa shape index (κ1) is 16.6. The average molecular weight is 328 g/mol. The third-order valence-electron chi connectivity index (χ3n) is 4.50. The largest absolute Gasteiger partial charge is 0.497 e. The van der Waals surface area contributed by atoms with Crippen LogP contribution in [0.3, 0.4) is 0 Å². The topological polar surface area (TPSA) is 43.7 Å². The number of methoxy groups -OCH3 is 2. The van der Waals surface area contributed by atoms with Gasteiger partial charge in [-0.25, -0.2) is 0 Å². The standard InChI is InChI=1S/C19H24N2O3/c1-20-10-4-5-17(20)18(22)13-21(15-6-7-15)12-14-11-16(23-2)8-9-19(14)24-3/h4-5,8-11,15H,6-7,12-13H2,1-3H3. The smallest absolute Gasteiger partial charge is 0.193 e. The van der Waals surface area contributed by atoms with Crippen LogP contribution >= 0.6 is 0 Å². The Bertz CT molecular complexity index is 719. The Morgan fingerprint density at radius 1 is 1.25 bits per heavy atom. The maximum atomic E-state index is 12.6. The molecule has 128 valence electrons. The van der Waals surface area contributed by atoms with Gasteiger partial charge in [0.05, 0.1) is 26.5 Å². The molecule has 2 aromatic rings. The molecule has 1 fully saturated rings. The number of aromatic nitrogens is 1. The monoisotopic (exact) mass is 328 g/mol. The van der Waals surface area contributed by atoms with Crippen molar-refractivity contribution >= 4 is 5.78 Å². The Hall–Kier alpha value is -2.27. The molecule has 0 unspecified atom stereocenters. The van der Waals surface area contributed by atoms with Crippen molar-refractivity contribution in [3.05, 3.63) is 47.8 Å². The van der Waals surface area contributed by atoms with E-state index in [-0.39, 0.29) is 5.78 Å². The summed E-state index contributed by atoms with van der Waals surface area (Å²) in [6.07, 6.45) is 4.19. The van der Waals surface area contributed by atoms with Gasteiger partial charge in [-0.3, -0.25) is 9.69 Å². The zero-order valence-corrected chi connectivity index (χ0v) is 14.5. The summed E-state index contributed by atoms with van der Waals surface area (Å²) in [7, 11) is 5.23. The molecule has 1 aromatic heterocycles. The fourth-order valence-corrected chi connectivity index (χ4v) is 2.99. The van der Waals surface area contributed by atoms with E-state index in [2.05, 4.69) is 4.90 Å². The zero-order valence-electron chi connectivity index (χ0n) is 14.5. The molecule has 5 heteroatoms. The molecule has 0 saturated heterocycles. The normalized spacial score (nSPS) is 14.0. The Morgan fingerprint density at radius 3 is 2.62 bits per heavy atom. The summed E-state index contributed by atoms with van der Waals surface area (Å²) in [5.41, 5.74) is 1.79. The number of rotatable bonds is 8. The molecule has 1 aliphatic rings. The molecule has 1 aliphatic carbocycles. The van der Waals surface area contributed by atoms with Gasteiger partial charge in [0.15, 0.2) is 5.78 Å². The van der Waals surface area contributed by atoms with E-state index in [1.54, 1.807) is 14.2 Å². The Labute approximate surface area is 142 Å². The fraction of sp³-hybridized carbons (Fsp3) is 0.421. The second-order valence-corrected chi connectivity index (χ2v) is 6.24. The molecular weight excluding hydrogens is 304 g/mol. The van der Waals surface area contributed by atoms with Crippen LogP contribution in [0.2, 0.25) is 0 Å². The van der Waals surface area contributed by atoms with Gasteiger partial charge in [0.25, 0.3) is 0 Å². The van der Waals surface area contributed by atoms with Gasteiger partial charge in [-0.1, -0.05) is 0 Å². The number of hydrogen-bond donors (Lipinski definition) is 0. The minimum absolute atomic E-state index is 0.149. The average Bonchev–Trinajstić information content (AvgIpc) is 3.35. The molecule has 0 bridgehead atoms. The summed E-state index contributed by atoms with van der Waals surface area (Å²) in [5, 5.41) is 0. The Kier molecular flexibility index (Phi) is 4.90. The zero-order chi connectivity index (χ0) is 17.1. The van der Waals surface area contributed by atoms with Crippen molar-refractivity contribution in [2.75, 3.05) is 20.8 Å². The lowest BCUT2D eigenvalue weighted by Gasteiger charge is -2.23. The van der Waals surface area contributed by atoms with Crippen LogP contribution in [0.5, 0.6) is 11.5 Å². The van der Waals surface area contributed by atoms with Crippen LogP contribution in [0.1, 0.15) is 28.9 Å². The van der Waals surface area contributed by atoms with Gasteiger partial charge in [0.1, 0.15) is 11.5 Å². The van der Waals surface area contributed by atoms with Gasteiger partial charge < -0.3 is 14.0 Å². The molecular formula is C19H24N2O3. The minimum atomic E-state index is 0.149. The maximum absolute atomic E-state index is 12.6. The number of aryl methyl sites for hydroxylation is 1. The van der Waals surface area contributed by atoms with Crippen molar-refractivity contribution in [1.82, 2.24) is 9.47 Å². The van der Waals surface area contributed by atoms with Crippen molar-refractivity contribution < 1.29 is 14.3 Å². The lowest BCUT2D eigenvalue weighted by Crippen LogP contribution is -2.32. The molecule has 1 aromatic carbocycles. The van der Waals surface area contributed by atoms with Gasteiger partial charge >= 0.3 is 0 Å². The highest BCUT2D eigenvalue weighted by Crippen LogP contribution is 2.32. The van der Waals surface area contributed by atoms with E-state index in [0.717, 1.165) is 35.6 Å². The highest BCUT2D eigenvalue weighted by atomic mass is 16.5. The molecule has 1 saturated carbocycles. The van der Waals surface area contributed by atoms with Crippen LogP contribution in [0, 0.1) is 0 Å². The van der Waals surface area contributed by atoms with Crippen LogP contribution in [-0.4, -0.2) is 42.1 Å². The second-order valence-electron chi connectivity index (χ2n) is 6.24. The number of ether oxygens (including phenoxy) is 2. The molecule has 24 heavy (non-hydrogen) atoms. The number of hydrogen-bond acceptors (Lipinski definition) is 4. The van der Waals surface area contributed by atoms with E-state index in [1.807, 2.05) is 48.1 Å². The van der Waals surface area contributed by atoms with Crippen LogP contribution < -0.4 is 9.47 Å². The van der Waals surface area contributed by atoms with Crippen molar-refractivity contribution in [2.24, 2.45) is 7.05 Å². The number of carbonyl (C=O) groups excluding carboxylic acids is 1. The summed E-state index contributed by atoms with van der Waals surface area (Å²) in [4.78, 5) is 14.9. The maximum Gasteiger partial charge on any atom is 0.193 e. The van der Waals surface area contributed by atoms with Crippen molar-refractivity contribution in [2.45, 2.75) is 25.4 Å². The third kappa shape index (κ3) is 3.62. The molecule has 1 heterocycles. The minimum Gasteiger partial charge on any atom is -0.497 e. The number of carbonyl (C=O) groups is 1. The Balaban J connectivity index is 1.77. The first-order valence-corrected chi connectivity index (χ1v) is 8.22. The lowest BCUT2D eigenvalue weighted by molar-refractivity contribution is 0.0910. The highest BCUT2D eigenvalue weighted by molar-refractivity contribution is 5.96. The van der Waals surface area contributed by atoms with Gasteiger partial charge in [-0.05, 0) is 43.2 Å². The first-order chi connectivity index (χ1) is 11.6. The third-order valence-corrected chi connectivity index (χ3v) is 4.50. The number of ketones is 1. The van der Waals surface area contributed by atoms with E-state index in [1.165, 1.54) is 0 Å². The van der Waals surface area contributed by atoms with Crippen molar-refractivity contribution in [1.29, 1.82) is 0 Å². The summed E-state index contributed by atoms with van der Waals surface area (Å²) in [6.45, 7) is 1.10. The highest BCUT2D eigenvalue weighted by Gasteiger charge is 2.31. The number of nitrogens with zero attached hydrogens (tertiary/aromatic N) is 2. The van der Waals surface area contributed by atoms with E-state index in [4.69, 9.17) is 9.47 Å². The predicted octanol–water partition coefficient (Wildman–Crippen LogP) is 2.89. The molecule has 3 rings (SSSR count). The quantitative estimate of drug-likeness (QED) is 0.699. The molecule has 0 amide bonds. The summed E-state index contributed by atoms with van der Waals surface area (Å²) in [5.74, 6) is 1.78. The number of Topliss-reactive ketones (excluding diaryl/α,β-unsaturated/α-hetero) is 1. The van der Waals surface area contributed by atoms with Crippen molar-refractivity contribution in [3.63, 3.8) is 0 Å². The molecule has 0 N–H and O–H groups in total. The van der Waals surface area contributed by atoms with E-state index < -0.39 is 0 Å². The summed E-state index contributed by atoms with van der Waals surface area (Å²) < 4.78 is 12.7. The molecule has 0 spiro atoms. The fourth-order valence-electron chi connectivity index (χ4n) is 2.99. The lowest BCUT2D eigenvalue weighted by atomic mass is 10.1. The van der Waals surface area contributed by atoms with Gasteiger partial charge in [0.2, 0.25) is 0 Å². The van der Waals surface area contributed by atoms with Crippen LogP contribution in [0.4, 0.5) is 0 Å². The second kappa shape index (κ2) is 7.09. The number of benzene rings is 1. The van der Waals surface area contributed by atoms with Gasteiger partial charge in [0, 0.05) is 31.4 Å². The molecule has 5 nitrogen and oxygen atoms in total. The van der Waals surface area contributed by atoms with Crippen LogP contribution in [0.25, 0.3) is 0 Å². The molecule has 0 aliphatic heterocycles. The first-order valence-electron chi connectivity index (χ1n) is 8.22.